The molecule has 0 aromatic rings. The summed E-state index contributed by atoms with van der Waals surface area (Å²) in [4.78, 5) is 32.7. The quantitative estimate of drug-likeness (QED) is 0.532. The zero-order valence-corrected chi connectivity index (χ0v) is 10.9. The molecule has 0 heterocycles. The molecule has 0 rings (SSSR count). The molecule has 0 fully saturated rings. The number of rotatable bonds is 7. The molecule has 0 unspecified atom stereocenters. The number of ether oxygens (including phenoxy) is 2. The van der Waals surface area contributed by atoms with E-state index in [9.17, 15) is 14.4 Å². The molecule has 0 aromatic carbocycles. The minimum absolute atomic E-state index is 0.141. The second-order valence-electron chi connectivity index (χ2n) is 3.70. The first-order valence-electron chi connectivity index (χ1n) is 5.61. The summed E-state index contributed by atoms with van der Waals surface area (Å²) < 4.78 is 9.18. The van der Waals surface area contributed by atoms with E-state index in [1.807, 2.05) is 0 Å². The fourth-order valence-corrected chi connectivity index (χ4v) is 1.09. The van der Waals surface area contributed by atoms with Crippen molar-refractivity contribution in [2.75, 3.05) is 20.3 Å². The third-order valence-electron chi connectivity index (χ3n) is 2.04. The van der Waals surface area contributed by atoms with Gasteiger partial charge in [-0.15, -0.1) is 0 Å². The van der Waals surface area contributed by atoms with Gasteiger partial charge in [-0.05, 0) is 6.92 Å². The van der Waals surface area contributed by atoms with E-state index in [0.717, 1.165) is 5.57 Å². The molecular formula is C12H19NO5. The Labute approximate surface area is 106 Å². The van der Waals surface area contributed by atoms with Gasteiger partial charge in [0, 0.05) is 26.0 Å². The van der Waals surface area contributed by atoms with E-state index >= 15 is 0 Å². The molecule has 18 heavy (non-hydrogen) atoms. The fourth-order valence-electron chi connectivity index (χ4n) is 1.09. The molecule has 0 atom stereocenters. The van der Waals surface area contributed by atoms with Gasteiger partial charge >= 0.3 is 11.9 Å². The minimum Gasteiger partial charge on any atom is -0.469 e. The molecule has 0 aliphatic heterocycles. The zero-order chi connectivity index (χ0) is 14.0. The Morgan fingerprint density at radius 1 is 1.17 bits per heavy atom. The van der Waals surface area contributed by atoms with Crippen molar-refractivity contribution in [1.29, 1.82) is 0 Å². The predicted octanol–water partition coefficient (Wildman–Crippen LogP) is 0.565. The second kappa shape index (κ2) is 9.21. The molecule has 0 aliphatic rings. The van der Waals surface area contributed by atoms with Gasteiger partial charge in [0.1, 0.15) is 0 Å². The van der Waals surface area contributed by atoms with Crippen LogP contribution < -0.4 is 5.32 Å². The van der Waals surface area contributed by atoms with Crippen molar-refractivity contribution in [3.8, 4) is 0 Å². The lowest BCUT2D eigenvalue weighted by Crippen LogP contribution is -2.24. The first-order chi connectivity index (χ1) is 8.45. The highest BCUT2D eigenvalue weighted by Crippen LogP contribution is 1.99. The predicted molar refractivity (Wildman–Crippen MR) is 64.6 cm³/mol. The number of esters is 2. The number of amides is 1. The van der Waals surface area contributed by atoms with Crippen molar-refractivity contribution in [2.45, 2.75) is 26.7 Å². The number of methoxy groups -OCH3 is 1. The van der Waals surface area contributed by atoms with Crippen LogP contribution >= 0.6 is 0 Å². The molecule has 0 saturated heterocycles. The van der Waals surface area contributed by atoms with Crippen molar-refractivity contribution < 1.29 is 23.9 Å². The van der Waals surface area contributed by atoms with Crippen LogP contribution in [-0.4, -0.2) is 38.1 Å². The van der Waals surface area contributed by atoms with Gasteiger partial charge in [0.25, 0.3) is 0 Å². The first kappa shape index (κ1) is 16.1. The van der Waals surface area contributed by atoms with Gasteiger partial charge in [-0.1, -0.05) is 5.57 Å². The Hall–Kier alpha value is -1.85. The standard InChI is InChI=1S/C12H19NO5/c1-9(5-7-18-10(2)14)8-11(15)13-6-4-12(16)17-3/h8H,4-7H2,1-3H3,(H,13,15). The SMILES string of the molecule is COC(=O)CCNC(=O)C=C(C)CCOC(C)=O. The van der Waals surface area contributed by atoms with Crippen LogP contribution in [0.1, 0.15) is 26.7 Å². The van der Waals surface area contributed by atoms with Crippen molar-refractivity contribution in [3.05, 3.63) is 11.6 Å². The van der Waals surface area contributed by atoms with E-state index in [4.69, 9.17) is 4.74 Å². The Bertz CT molecular complexity index is 335. The molecule has 1 N–H and O–H groups in total. The maximum Gasteiger partial charge on any atom is 0.307 e. The molecule has 102 valence electrons. The monoisotopic (exact) mass is 257 g/mol. The van der Waals surface area contributed by atoms with Crippen LogP contribution in [0.3, 0.4) is 0 Å². The molecular weight excluding hydrogens is 238 g/mol. The number of hydrogen-bond acceptors (Lipinski definition) is 5. The van der Waals surface area contributed by atoms with E-state index in [1.54, 1.807) is 6.92 Å². The third kappa shape index (κ3) is 9.38. The van der Waals surface area contributed by atoms with Crippen molar-refractivity contribution in [2.24, 2.45) is 0 Å². The highest BCUT2D eigenvalue weighted by atomic mass is 16.5. The van der Waals surface area contributed by atoms with Crippen LogP contribution in [0.5, 0.6) is 0 Å². The molecule has 0 aromatic heterocycles. The summed E-state index contributed by atoms with van der Waals surface area (Å²) in [6, 6.07) is 0. The summed E-state index contributed by atoms with van der Waals surface area (Å²) in [5, 5.41) is 2.55. The average Bonchev–Trinajstić information content (AvgIpc) is 2.28. The van der Waals surface area contributed by atoms with Crippen LogP contribution in [0.15, 0.2) is 11.6 Å². The lowest BCUT2D eigenvalue weighted by atomic mass is 10.2. The lowest BCUT2D eigenvalue weighted by Gasteiger charge is -2.04. The van der Waals surface area contributed by atoms with Gasteiger partial charge in [0.15, 0.2) is 0 Å². The first-order valence-corrected chi connectivity index (χ1v) is 5.61. The Morgan fingerprint density at radius 2 is 1.83 bits per heavy atom. The summed E-state index contributed by atoms with van der Waals surface area (Å²) in [6.45, 7) is 3.59. The topological polar surface area (TPSA) is 81.7 Å². The highest BCUT2D eigenvalue weighted by Gasteiger charge is 2.02. The maximum atomic E-state index is 11.4. The molecule has 0 spiro atoms. The Kier molecular flexibility index (Phi) is 8.26. The molecule has 1 amide bonds. The zero-order valence-electron chi connectivity index (χ0n) is 10.9. The van der Waals surface area contributed by atoms with Gasteiger partial charge in [-0.25, -0.2) is 0 Å². The van der Waals surface area contributed by atoms with Crippen LogP contribution in [0.25, 0.3) is 0 Å². The molecule has 0 saturated carbocycles. The summed E-state index contributed by atoms with van der Waals surface area (Å²) in [5.74, 6) is -0.990. The van der Waals surface area contributed by atoms with E-state index in [-0.39, 0.29) is 37.4 Å². The molecule has 6 heteroatoms. The normalized spacial score (nSPS) is 10.7. The van der Waals surface area contributed by atoms with Crippen LogP contribution in [0, 0.1) is 0 Å². The van der Waals surface area contributed by atoms with Gasteiger partial charge in [-0.3, -0.25) is 14.4 Å². The van der Waals surface area contributed by atoms with Crippen LogP contribution in [0.4, 0.5) is 0 Å². The summed E-state index contributed by atoms with van der Waals surface area (Å²) >= 11 is 0. The number of carbonyl (C=O) groups is 3. The van der Waals surface area contributed by atoms with Gasteiger partial charge in [-0.2, -0.15) is 0 Å². The van der Waals surface area contributed by atoms with Gasteiger partial charge in [0.05, 0.1) is 20.1 Å². The lowest BCUT2D eigenvalue weighted by molar-refractivity contribution is -0.141. The van der Waals surface area contributed by atoms with Gasteiger partial charge in [0.2, 0.25) is 5.91 Å². The smallest absolute Gasteiger partial charge is 0.307 e. The van der Waals surface area contributed by atoms with Crippen molar-refractivity contribution >= 4 is 17.8 Å². The minimum atomic E-state index is -0.370. The molecule has 0 radical (unpaired) electrons. The second-order valence-corrected chi connectivity index (χ2v) is 3.70. The van der Waals surface area contributed by atoms with E-state index in [0.29, 0.717) is 6.42 Å². The maximum absolute atomic E-state index is 11.4. The fraction of sp³-hybridized carbons (Fsp3) is 0.583. The highest BCUT2D eigenvalue weighted by molar-refractivity contribution is 5.88. The Morgan fingerprint density at radius 3 is 2.39 bits per heavy atom. The summed E-state index contributed by atoms with van der Waals surface area (Å²) in [7, 11) is 1.29. The van der Waals surface area contributed by atoms with E-state index < -0.39 is 0 Å². The third-order valence-corrected chi connectivity index (χ3v) is 2.04. The van der Waals surface area contributed by atoms with Crippen LogP contribution in [-0.2, 0) is 23.9 Å². The van der Waals surface area contributed by atoms with E-state index in [2.05, 4.69) is 10.1 Å². The average molecular weight is 257 g/mol. The Balaban J connectivity index is 3.82. The van der Waals surface area contributed by atoms with Gasteiger partial charge < -0.3 is 14.8 Å². The molecule has 0 bridgehead atoms. The van der Waals surface area contributed by atoms with Crippen molar-refractivity contribution in [1.82, 2.24) is 5.32 Å². The van der Waals surface area contributed by atoms with E-state index in [1.165, 1.54) is 20.1 Å². The summed E-state index contributed by atoms with van der Waals surface area (Å²) in [5.41, 5.74) is 0.798. The summed E-state index contributed by atoms with van der Waals surface area (Å²) in [6.07, 6.45) is 2.06. The molecule has 0 aliphatic carbocycles. The molecule has 6 nitrogen and oxygen atoms in total. The largest absolute Gasteiger partial charge is 0.469 e. The number of nitrogens with one attached hydrogen (secondary N) is 1. The number of carbonyl (C=O) groups excluding carboxylic acids is 3. The van der Waals surface area contributed by atoms with Crippen LogP contribution in [0.2, 0.25) is 0 Å². The number of hydrogen-bond donors (Lipinski definition) is 1. The van der Waals surface area contributed by atoms with Crippen molar-refractivity contribution in [3.63, 3.8) is 0 Å².